The normalized spacial score (nSPS) is 16.7. The second kappa shape index (κ2) is 7.41. The molecule has 5 nitrogen and oxygen atoms in total. The zero-order valence-electron chi connectivity index (χ0n) is 13.3. The van der Waals surface area contributed by atoms with Crippen LogP contribution in [0.15, 0.2) is 18.3 Å². The number of hydrogen-bond acceptors (Lipinski definition) is 4. The summed E-state index contributed by atoms with van der Waals surface area (Å²) in [6.07, 6.45) is 3.77. The summed E-state index contributed by atoms with van der Waals surface area (Å²) in [5, 5.41) is 3.14. The first-order chi connectivity index (χ1) is 10.2. The molecular formula is C16H26N4O. The number of carbonyl (C=O) groups excluding carboxylic acids is 1. The van der Waals surface area contributed by atoms with Gasteiger partial charge in [0.1, 0.15) is 5.82 Å². The van der Waals surface area contributed by atoms with E-state index < -0.39 is 0 Å². The molecule has 0 unspecified atom stereocenters. The minimum Gasteiger partial charge on any atom is -0.370 e. The van der Waals surface area contributed by atoms with Gasteiger partial charge in [-0.2, -0.15) is 0 Å². The largest absolute Gasteiger partial charge is 0.370 e. The van der Waals surface area contributed by atoms with Gasteiger partial charge in [-0.1, -0.05) is 6.92 Å². The number of rotatable bonds is 5. The third kappa shape index (κ3) is 3.94. The number of nitrogens with zero attached hydrogens (tertiary/aromatic N) is 3. The van der Waals surface area contributed by atoms with Crippen molar-refractivity contribution in [2.24, 2.45) is 0 Å². The second-order valence-electron chi connectivity index (χ2n) is 5.54. The van der Waals surface area contributed by atoms with E-state index in [0.29, 0.717) is 11.6 Å². The van der Waals surface area contributed by atoms with Gasteiger partial charge in [-0.15, -0.1) is 0 Å². The molecule has 1 N–H and O–H groups in total. The summed E-state index contributed by atoms with van der Waals surface area (Å²) < 4.78 is 0. The monoisotopic (exact) mass is 290 g/mol. The van der Waals surface area contributed by atoms with E-state index in [2.05, 4.69) is 22.1 Å². The molecule has 0 spiro atoms. The Morgan fingerprint density at radius 3 is 2.62 bits per heavy atom. The molecule has 2 heterocycles. The molecule has 5 heteroatoms. The first-order valence-electron chi connectivity index (χ1n) is 7.85. The number of nitrogens with one attached hydrogen (secondary N) is 1. The Labute approximate surface area is 127 Å². The molecular weight excluding hydrogens is 264 g/mol. The first-order valence-corrected chi connectivity index (χ1v) is 7.85. The van der Waals surface area contributed by atoms with Crippen LogP contribution < -0.4 is 5.32 Å². The molecule has 1 amide bonds. The third-order valence-electron chi connectivity index (χ3n) is 4.24. The van der Waals surface area contributed by atoms with Gasteiger partial charge >= 0.3 is 0 Å². The molecule has 1 fully saturated rings. The van der Waals surface area contributed by atoms with E-state index in [9.17, 15) is 4.79 Å². The molecule has 116 valence electrons. The van der Waals surface area contributed by atoms with Crippen LogP contribution >= 0.6 is 0 Å². The molecule has 0 bridgehead atoms. The van der Waals surface area contributed by atoms with Crippen LogP contribution in [0.1, 0.15) is 37.0 Å². The Hall–Kier alpha value is -1.62. The second-order valence-corrected chi connectivity index (χ2v) is 5.54. The molecule has 0 aliphatic carbocycles. The van der Waals surface area contributed by atoms with Crippen molar-refractivity contribution in [1.82, 2.24) is 14.8 Å². The maximum Gasteiger partial charge on any atom is 0.255 e. The lowest BCUT2D eigenvalue weighted by molar-refractivity contribution is 0.0646. The highest BCUT2D eigenvalue weighted by molar-refractivity contribution is 5.94. The number of amides is 1. The van der Waals surface area contributed by atoms with Gasteiger partial charge in [0.2, 0.25) is 0 Å². The molecule has 1 aliphatic rings. The van der Waals surface area contributed by atoms with E-state index in [1.807, 2.05) is 31.0 Å². The van der Waals surface area contributed by atoms with Crippen LogP contribution in [0.4, 0.5) is 5.82 Å². The van der Waals surface area contributed by atoms with E-state index in [-0.39, 0.29) is 5.91 Å². The van der Waals surface area contributed by atoms with Crippen molar-refractivity contribution in [3.63, 3.8) is 0 Å². The van der Waals surface area contributed by atoms with Crippen molar-refractivity contribution < 1.29 is 4.79 Å². The molecule has 21 heavy (non-hydrogen) atoms. The Balaban J connectivity index is 1.95. The zero-order valence-corrected chi connectivity index (χ0v) is 13.3. The fraction of sp³-hybridized carbons (Fsp3) is 0.625. The quantitative estimate of drug-likeness (QED) is 0.902. The standard InChI is InChI=1S/C16H26N4O/c1-4-17-15-7-6-13(12-18-15)16(21)19(3)14-8-10-20(5-2)11-9-14/h6-7,12,14H,4-5,8-11H2,1-3H3,(H,17,18). The zero-order chi connectivity index (χ0) is 15.2. The lowest BCUT2D eigenvalue weighted by Gasteiger charge is -2.36. The smallest absolute Gasteiger partial charge is 0.255 e. The van der Waals surface area contributed by atoms with Gasteiger partial charge in [0.15, 0.2) is 0 Å². The number of anilines is 1. The molecule has 0 aromatic carbocycles. The number of pyridine rings is 1. The molecule has 1 aliphatic heterocycles. The van der Waals surface area contributed by atoms with Gasteiger partial charge in [-0.3, -0.25) is 4.79 Å². The topological polar surface area (TPSA) is 48.5 Å². The number of piperidine rings is 1. The molecule has 1 saturated heterocycles. The van der Waals surface area contributed by atoms with Crippen LogP contribution in [-0.4, -0.2) is 60.0 Å². The van der Waals surface area contributed by atoms with Crippen molar-refractivity contribution in [2.75, 3.05) is 38.5 Å². The average molecular weight is 290 g/mol. The molecule has 0 saturated carbocycles. The predicted octanol–water partition coefficient (Wildman–Crippen LogP) is 2.07. The van der Waals surface area contributed by atoms with Crippen LogP contribution in [0, 0.1) is 0 Å². The van der Waals surface area contributed by atoms with E-state index in [1.54, 1.807) is 6.20 Å². The van der Waals surface area contributed by atoms with E-state index in [4.69, 9.17) is 0 Å². The van der Waals surface area contributed by atoms with Gasteiger partial charge in [-0.25, -0.2) is 4.98 Å². The number of carbonyl (C=O) groups is 1. The molecule has 0 radical (unpaired) electrons. The van der Waals surface area contributed by atoms with Crippen LogP contribution in [0.25, 0.3) is 0 Å². The van der Waals surface area contributed by atoms with Crippen molar-refractivity contribution in [3.05, 3.63) is 23.9 Å². The lowest BCUT2D eigenvalue weighted by atomic mass is 10.0. The van der Waals surface area contributed by atoms with E-state index >= 15 is 0 Å². The highest BCUT2D eigenvalue weighted by Gasteiger charge is 2.25. The van der Waals surface area contributed by atoms with Gasteiger partial charge in [-0.05, 0) is 38.4 Å². The number of hydrogen-bond donors (Lipinski definition) is 1. The highest BCUT2D eigenvalue weighted by atomic mass is 16.2. The van der Waals surface area contributed by atoms with Gasteiger partial charge in [0.25, 0.3) is 5.91 Å². The summed E-state index contributed by atoms with van der Waals surface area (Å²) in [7, 11) is 1.91. The Morgan fingerprint density at radius 2 is 2.10 bits per heavy atom. The first kappa shape index (κ1) is 15.8. The van der Waals surface area contributed by atoms with Crippen LogP contribution in [0.5, 0.6) is 0 Å². The van der Waals surface area contributed by atoms with Gasteiger partial charge < -0.3 is 15.1 Å². The third-order valence-corrected chi connectivity index (χ3v) is 4.24. The maximum absolute atomic E-state index is 12.5. The SMILES string of the molecule is CCNc1ccc(C(=O)N(C)C2CCN(CC)CC2)cn1. The van der Waals surface area contributed by atoms with Crippen molar-refractivity contribution in [3.8, 4) is 0 Å². The van der Waals surface area contributed by atoms with E-state index in [1.165, 1.54) is 0 Å². The minimum absolute atomic E-state index is 0.0699. The summed E-state index contributed by atoms with van der Waals surface area (Å²) in [6, 6.07) is 4.06. The van der Waals surface area contributed by atoms with Gasteiger partial charge in [0.05, 0.1) is 5.56 Å². The van der Waals surface area contributed by atoms with Crippen LogP contribution in [-0.2, 0) is 0 Å². The molecule has 0 atom stereocenters. The lowest BCUT2D eigenvalue weighted by Crippen LogP contribution is -2.45. The number of likely N-dealkylation sites (tertiary alicyclic amines) is 1. The predicted molar refractivity (Wildman–Crippen MR) is 85.6 cm³/mol. The minimum atomic E-state index is 0.0699. The van der Waals surface area contributed by atoms with Crippen molar-refractivity contribution >= 4 is 11.7 Å². The summed E-state index contributed by atoms with van der Waals surface area (Å²) >= 11 is 0. The highest BCUT2D eigenvalue weighted by Crippen LogP contribution is 2.17. The fourth-order valence-electron chi connectivity index (χ4n) is 2.80. The molecule has 2 rings (SSSR count). The maximum atomic E-state index is 12.5. The summed E-state index contributed by atoms with van der Waals surface area (Å²) in [4.78, 5) is 21.1. The van der Waals surface area contributed by atoms with Gasteiger partial charge in [0, 0.05) is 38.9 Å². The summed E-state index contributed by atoms with van der Waals surface area (Å²) in [6.45, 7) is 8.30. The van der Waals surface area contributed by atoms with E-state index in [0.717, 1.165) is 44.8 Å². The van der Waals surface area contributed by atoms with Crippen molar-refractivity contribution in [1.29, 1.82) is 0 Å². The fourth-order valence-corrected chi connectivity index (χ4v) is 2.80. The Morgan fingerprint density at radius 1 is 1.38 bits per heavy atom. The summed E-state index contributed by atoms with van der Waals surface area (Å²) in [5.41, 5.74) is 0.664. The van der Waals surface area contributed by atoms with Crippen LogP contribution in [0.3, 0.4) is 0 Å². The Bertz CT molecular complexity index is 452. The molecule has 1 aromatic heterocycles. The molecule has 1 aromatic rings. The number of aromatic nitrogens is 1. The summed E-state index contributed by atoms with van der Waals surface area (Å²) in [5.74, 6) is 0.883. The van der Waals surface area contributed by atoms with Crippen molar-refractivity contribution in [2.45, 2.75) is 32.7 Å². The Kier molecular flexibility index (Phi) is 5.56. The van der Waals surface area contributed by atoms with Crippen LogP contribution in [0.2, 0.25) is 0 Å². The average Bonchev–Trinajstić information content (AvgIpc) is 2.54.